The average molecular weight is 204 g/mol. The maximum absolute atomic E-state index is 11.6. The molecule has 1 aliphatic rings. The molecule has 0 spiro atoms. The van der Waals surface area contributed by atoms with Crippen molar-refractivity contribution >= 4 is 17.9 Å². The minimum atomic E-state index is 0.0456. The maximum atomic E-state index is 11.6. The van der Waals surface area contributed by atoms with Gasteiger partial charge in [0.15, 0.2) is 0 Å². The average Bonchev–Trinajstić information content (AvgIpc) is 2.30. The summed E-state index contributed by atoms with van der Waals surface area (Å²) in [6.07, 6.45) is 0.788. The predicted molar refractivity (Wildman–Crippen MR) is 57.1 cm³/mol. The Bertz CT molecular complexity index is 390. The molecule has 15 heavy (non-hydrogen) atoms. The molecule has 1 amide bonds. The number of piperazine rings is 1. The smallest absolute Gasteiger partial charge is 0.240 e. The standard InChI is InChI=1S/C11H12N2O2/c14-8-9-2-1-3-10(6-9)13-5-4-12-7-11(13)15/h1-3,6,8,12H,4-5,7H2. The molecule has 1 N–H and O–H groups in total. The van der Waals surface area contributed by atoms with E-state index in [-0.39, 0.29) is 5.91 Å². The van der Waals surface area contributed by atoms with Crippen molar-refractivity contribution in [2.24, 2.45) is 0 Å². The Labute approximate surface area is 87.9 Å². The summed E-state index contributed by atoms with van der Waals surface area (Å²) >= 11 is 0. The summed E-state index contributed by atoms with van der Waals surface area (Å²) in [5.74, 6) is 0.0456. The van der Waals surface area contributed by atoms with Crippen molar-refractivity contribution in [3.63, 3.8) is 0 Å². The van der Waals surface area contributed by atoms with E-state index < -0.39 is 0 Å². The lowest BCUT2D eigenvalue weighted by Crippen LogP contribution is -2.48. The second-order valence-electron chi connectivity index (χ2n) is 3.43. The molecule has 1 aromatic carbocycles. The van der Waals surface area contributed by atoms with E-state index in [4.69, 9.17) is 0 Å². The van der Waals surface area contributed by atoms with E-state index in [2.05, 4.69) is 5.32 Å². The van der Waals surface area contributed by atoms with Gasteiger partial charge >= 0.3 is 0 Å². The molecule has 1 fully saturated rings. The van der Waals surface area contributed by atoms with Crippen molar-refractivity contribution in [2.75, 3.05) is 24.5 Å². The normalized spacial score (nSPS) is 16.5. The van der Waals surface area contributed by atoms with Gasteiger partial charge in [0.2, 0.25) is 5.91 Å². The number of benzene rings is 1. The molecule has 4 heteroatoms. The van der Waals surface area contributed by atoms with Crippen molar-refractivity contribution in [2.45, 2.75) is 0 Å². The third-order valence-electron chi connectivity index (χ3n) is 2.41. The Hall–Kier alpha value is -1.68. The molecule has 78 valence electrons. The van der Waals surface area contributed by atoms with Gasteiger partial charge in [0.25, 0.3) is 0 Å². The highest BCUT2D eigenvalue weighted by Gasteiger charge is 2.18. The highest BCUT2D eigenvalue weighted by molar-refractivity contribution is 5.96. The lowest BCUT2D eigenvalue weighted by Gasteiger charge is -2.27. The number of hydrogen-bond donors (Lipinski definition) is 1. The van der Waals surface area contributed by atoms with Crippen molar-refractivity contribution in [3.05, 3.63) is 29.8 Å². The minimum Gasteiger partial charge on any atom is -0.310 e. The van der Waals surface area contributed by atoms with Gasteiger partial charge in [-0.25, -0.2) is 0 Å². The Kier molecular flexibility index (Phi) is 2.78. The number of nitrogens with zero attached hydrogens (tertiary/aromatic N) is 1. The zero-order chi connectivity index (χ0) is 10.7. The van der Waals surface area contributed by atoms with Crippen molar-refractivity contribution in [1.82, 2.24) is 5.32 Å². The van der Waals surface area contributed by atoms with Gasteiger partial charge in [-0.15, -0.1) is 0 Å². The largest absolute Gasteiger partial charge is 0.310 e. The van der Waals surface area contributed by atoms with E-state index in [1.165, 1.54) is 0 Å². The molecule has 0 unspecified atom stereocenters. The summed E-state index contributed by atoms with van der Waals surface area (Å²) in [6.45, 7) is 1.81. The van der Waals surface area contributed by atoms with Gasteiger partial charge in [-0.1, -0.05) is 12.1 Å². The van der Waals surface area contributed by atoms with E-state index in [9.17, 15) is 9.59 Å². The van der Waals surface area contributed by atoms with Gasteiger partial charge in [0, 0.05) is 24.3 Å². The molecular formula is C11H12N2O2. The van der Waals surface area contributed by atoms with Gasteiger partial charge in [-0.3, -0.25) is 9.59 Å². The molecule has 0 aliphatic carbocycles. The Morgan fingerprint density at radius 2 is 2.27 bits per heavy atom. The van der Waals surface area contributed by atoms with Crippen LogP contribution in [0.2, 0.25) is 0 Å². The summed E-state index contributed by atoms with van der Waals surface area (Å²) in [5, 5.41) is 3.00. The van der Waals surface area contributed by atoms with Crippen LogP contribution in [0.5, 0.6) is 0 Å². The number of amides is 1. The fourth-order valence-corrected chi connectivity index (χ4v) is 1.65. The van der Waals surface area contributed by atoms with Crippen LogP contribution in [0.1, 0.15) is 10.4 Å². The number of nitrogens with one attached hydrogen (secondary N) is 1. The first-order valence-electron chi connectivity index (χ1n) is 4.87. The molecule has 0 radical (unpaired) electrons. The minimum absolute atomic E-state index is 0.0456. The lowest BCUT2D eigenvalue weighted by atomic mass is 10.2. The topological polar surface area (TPSA) is 49.4 Å². The van der Waals surface area contributed by atoms with E-state index in [0.717, 1.165) is 18.5 Å². The number of carbonyl (C=O) groups excluding carboxylic acids is 2. The van der Waals surface area contributed by atoms with Gasteiger partial charge in [-0.2, -0.15) is 0 Å². The van der Waals surface area contributed by atoms with Crippen LogP contribution >= 0.6 is 0 Å². The van der Waals surface area contributed by atoms with Crippen LogP contribution in [0.4, 0.5) is 5.69 Å². The van der Waals surface area contributed by atoms with Crippen molar-refractivity contribution in [1.29, 1.82) is 0 Å². The zero-order valence-electron chi connectivity index (χ0n) is 8.27. The highest BCUT2D eigenvalue weighted by atomic mass is 16.2. The summed E-state index contributed by atoms with van der Waals surface area (Å²) in [5.41, 5.74) is 1.39. The van der Waals surface area contributed by atoms with Crippen LogP contribution in [0.25, 0.3) is 0 Å². The predicted octanol–water partition coefficient (Wildman–Crippen LogP) is 0.435. The number of carbonyl (C=O) groups is 2. The first-order valence-corrected chi connectivity index (χ1v) is 4.87. The van der Waals surface area contributed by atoms with E-state index in [1.807, 2.05) is 6.07 Å². The summed E-state index contributed by atoms with van der Waals surface area (Å²) < 4.78 is 0. The fourth-order valence-electron chi connectivity index (χ4n) is 1.65. The quantitative estimate of drug-likeness (QED) is 0.711. The molecule has 1 saturated heterocycles. The third kappa shape index (κ3) is 2.05. The van der Waals surface area contributed by atoms with Gasteiger partial charge in [0.1, 0.15) is 6.29 Å². The Balaban J connectivity index is 2.27. The van der Waals surface area contributed by atoms with Gasteiger partial charge in [0.05, 0.1) is 6.54 Å². The molecule has 4 nitrogen and oxygen atoms in total. The molecule has 2 rings (SSSR count). The first-order chi connectivity index (χ1) is 7.31. The molecule has 1 aliphatic heterocycles. The molecule has 0 bridgehead atoms. The SMILES string of the molecule is O=Cc1cccc(N2CCNCC2=O)c1. The van der Waals surface area contributed by atoms with Crippen molar-refractivity contribution < 1.29 is 9.59 Å². The van der Waals surface area contributed by atoms with Crippen LogP contribution in [0, 0.1) is 0 Å². The second-order valence-corrected chi connectivity index (χ2v) is 3.43. The number of hydrogen-bond acceptors (Lipinski definition) is 3. The number of rotatable bonds is 2. The lowest BCUT2D eigenvalue weighted by molar-refractivity contribution is -0.118. The fraction of sp³-hybridized carbons (Fsp3) is 0.273. The Morgan fingerprint density at radius 1 is 1.40 bits per heavy atom. The van der Waals surface area contributed by atoms with E-state index in [1.54, 1.807) is 23.1 Å². The van der Waals surface area contributed by atoms with Gasteiger partial charge < -0.3 is 10.2 Å². The summed E-state index contributed by atoms with van der Waals surface area (Å²) in [6, 6.07) is 7.09. The highest BCUT2D eigenvalue weighted by Crippen LogP contribution is 2.16. The van der Waals surface area contributed by atoms with Crippen LogP contribution in [0.3, 0.4) is 0 Å². The van der Waals surface area contributed by atoms with E-state index in [0.29, 0.717) is 18.7 Å². The molecule has 1 heterocycles. The van der Waals surface area contributed by atoms with Crippen LogP contribution in [-0.4, -0.2) is 31.8 Å². The second kappa shape index (κ2) is 4.23. The molecular weight excluding hydrogens is 192 g/mol. The molecule has 0 aromatic heterocycles. The molecule has 0 atom stereocenters. The zero-order valence-corrected chi connectivity index (χ0v) is 8.27. The van der Waals surface area contributed by atoms with Gasteiger partial charge in [-0.05, 0) is 12.1 Å². The maximum Gasteiger partial charge on any atom is 0.240 e. The molecule has 0 saturated carbocycles. The number of aldehydes is 1. The molecule has 1 aromatic rings. The first kappa shape index (κ1) is 9.86. The third-order valence-corrected chi connectivity index (χ3v) is 2.41. The van der Waals surface area contributed by atoms with E-state index >= 15 is 0 Å². The number of anilines is 1. The summed E-state index contributed by atoms with van der Waals surface area (Å²) in [7, 11) is 0. The van der Waals surface area contributed by atoms with Crippen molar-refractivity contribution in [3.8, 4) is 0 Å². The van der Waals surface area contributed by atoms with Crippen LogP contribution in [-0.2, 0) is 4.79 Å². The summed E-state index contributed by atoms with van der Waals surface area (Å²) in [4.78, 5) is 23.9. The Morgan fingerprint density at radius 3 is 3.00 bits per heavy atom. The monoisotopic (exact) mass is 204 g/mol. The van der Waals surface area contributed by atoms with Crippen LogP contribution in [0.15, 0.2) is 24.3 Å². The van der Waals surface area contributed by atoms with Crippen LogP contribution < -0.4 is 10.2 Å².